The minimum Gasteiger partial charge on any atom is -0.496 e. The molecular weight excluding hydrogens is 392 g/mol. The van der Waals surface area contributed by atoms with Crippen LogP contribution in [0.25, 0.3) is 11.1 Å². The molecule has 0 bridgehead atoms. The molecular formula is C25H32N2O4. The Labute approximate surface area is 184 Å². The second-order valence-electron chi connectivity index (χ2n) is 8.90. The number of fused-ring (bicyclic) bond motifs is 1. The van der Waals surface area contributed by atoms with Crippen LogP contribution in [0.3, 0.4) is 0 Å². The molecule has 2 aromatic carbocycles. The van der Waals surface area contributed by atoms with Crippen LogP contribution in [0.15, 0.2) is 36.4 Å². The number of ether oxygens (including phenoxy) is 3. The van der Waals surface area contributed by atoms with Crippen LogP contribution in [0, 0.1) is 6.92 Å². The minimum atomic E-state index is -0.278. The number of likely N-dealkylation sites (N-methyl/N-ethyl adjacent to an activating group) is 1. The predicted octanol–water partition coefficient (Wildman–Crippen LogP) is 3.72. The molecule has 4 rings (SSSR count). The smallest absolute Gasteiger partial charge is 0.234 e. The van der Waals surface area contributed by atoms with Crippen molar-refractivity contribution in [2.45, 2.75) is 37.8 Å². The zero-order valence-corrected chi connectivity index (χ0v) is 18.9. The number of carbonyl (C=O) groups excluding carboxylic acids is 1. The van der Waals surface area contributed by atoms with E-state index in [-0.39, 0.29) is 17.6 Å². The number of aryl methyl sites for hydroxylation is 1. The third-order valence-electron chi connectivity index (χ3n) is 6.22. The summed E-state index contributed by atoms with van der Waals surface area (Å²) in [6.07, 6.45) is 2.44. The summed E-state index contributed by atoms with van der Waals surface area (Å²) in [7, 11) is 5.49. The first-order valence-electron chi connectivity index (χ1n) is 10.9. The Balaban J connectivity index is 1.68. The van der Waals surface area contributed by atoms with Gasteiger partial charge in [-0.3, -0.25) is 4.79 Å². The van der Waals surface area contributed by atoms with Crippen molar-refractivity contribution < 1.29 is 19.0 Å². The number of nitrogens with one attached hydrogen (secondary N) is 1. The molecule has 2 aliphatic rings. The number of nitrogens with zero attached hydrogens (tertiary/aromatic N) is 1. The maximum Gasteiger partial charge on any atom is 0.234 e. The fourth-order valence-corrected chi connectivity index (χ4v) is 4.61. The van der Waals surface area contributed by atoms with E-state index in [0.717, 1.165) is 53.0 Å². The molecule has 1 N–H and O–H groups in total. The molecule has 2 heterocycles. The van der Waals surface area contributed by atoms with E-state index < -0.39 is 0 Å². The standard InChI is InChI=1S/C25H32N2O4/c1-17-13-18(5-7-22(17)29-4)19-6-8-23-20(14-19)21(26-24(28)16-27(2)3)15-25(31-23)9-11-30-12-10-25/h5-8,13-14,21H,9-12,15-16H2,1-4H3,(H,26,28). The molecule has 6 heteroatoms. The molecule has 0 radical (unpaired) electrons. The van der Waals surface area contributed by atoms with E-state index in [0.29, 0.717) is 19.8 Å². The third-order valence-corrected chi connectivity index (χ3v) is 6.22. The minimum absolute atomic E-state index is 0.0238. The van der Waals surface area contributed by atoms with Gasteiger partial charge in [-0.1, -0.05) is 12.1 Å². The van der Waals surface area contributed by atoms with Crippen LogP contribution in [-0.4, -0.2) is 57.4 Å². The van der Waals surface area contributed by atoms with E-state index >= 15 is 0 Å². The van der Waals surface area contributed by atoms with Crippen molar-refractivity contribution in [3.63, 3.8) is 0 Å². The highest BCUT2D eigenvalue weighted by Gasteiger charge is 2.42. The molecule has 0 aromatic heterocycles. The van der Waals surface area contributed by atoms with Gasteiger partial charge in [-0.2, -0.15) is 0 Å². The second-order valence-corrected chi connectivity index (χ2v) is 8.90. The van der Waals surface area contributed by atoms with Crippen LogP contribution in [-0.2, 0) is 9.53 Å². The van der Waals surface area contributed by atoms with Gasteiger partial charge in [0.15, 0.2) is 0 Å². The van der Waals surface area contributed by atoms with E-state index in [9.17, 15) is 4.79 Å². The van der Waals surface area contributed by atoms with Crippen LogP contribution in [0.5, 0.6) is 11.5 Å². The fourth-order valence-electron chi connectivity index (χ4n) is 4.61. The summed E-state index contributed by atoms with van der Waals surface area (Å²) in [5.74, 6) is 1.76. The average Bonchev–Trinajstić information content (AvgIpc) is 2.73. The number of amides is 1. The van der Waals surface area contributed by atoms with Gasteiger partial charge in [-0.25, -0.2) is 0 Å². The molecule has 2 aromatic rings. The highest BCUT2D eigenvalue weighted by Crippen LogP contribution is 2.45. The summed E-state index contributed by atoms with van der Waals surface area (Å²) in [6, 6.07) is 12.4. The molecule has 1 unspecified atom stereocenters. The molecule has 0 saturated carbocycles. The first kappa shape index (κ1) is 21.7. The largest absolute Gasteiger partial charge is 0.496 e. The van der Waals surface area contributed by atoms with E-state index in [4.69, 9.17) is 14.2 Å². The average molecular weight is 425 g/mol. The maximum absolute atomic E-state index is 12.6. The van der Waals surface area contributed by atoms with E-state index in [2.05, 4.69) is 29.6 Å². The molecule has 1 spiro atoms. The molecule has 1 amide bonds. The molecule has 1 atom stereocenters. The topological polar surface area (TPSA) is 60.0 Å². The summed E-state index contributed by atoms with van der Waals surface area (Å²) in [6.45, 7) is 3.79. The lowest BCUT2D eigenvalue weighted by Gasteiger charge is -2.44. The lowest BCUT2D eigenvalue weighted by molar-refractivity contribution is -0.123. The number of hydrogen-bond donors (Lipinski definition) is 1. The summed E-state index contributed by atoms with van der Waals surface area (Å²) in [4.78, 5) is 14.5. The Hall–Kier alpha value is -2.57. The number of carbonyl (C=O) groups is 1. The molecule has 2 aliphatic heterocycles. The third kappa shape index (κ3) is 4.70. The Morgan fingerprint density at radius 1 is 1.16 bits per heavy atom. The van der Waals surface area contributed by atoms with Gasteiger partial charge in [0, 0.05) is 24.8 Å². The molecule has 31 heavy (non-hydrogen) atoms. The maximum atomic E-state index is 12.6. The second kappa shape index (κ2) is 8.89. The number of benzene rings is 2. The van der Waals surface area contributed by atoms with Crippen molar-refractivity contribution >= 4 is 5.91 Å². The fraction of sp³-hybridized carbons (Fsp3) is 0.480. The molecule has 6 nitrogen and oxygen atoms in total. The lowest BCUT2D eigenvalue weighted by Crippen LogP contribution is -2.49. The molecule has 1 saturated heterocycles. The van der Waals surface area contributed by atoms with Crippen LogP contribution in [0.2, 0.25) is 0 Å². The normalized spacial score (nSPS) is 19.6. The number of methoxy groups -OCH3 is 1. The zero-order valence-electron chi connectivity index (χ0n) is 18.9. The number of hydrogen-bond acceptors (Lipinski definition) is 5. The zero-order chi connectivity index (χ0) is 22.0. The summed E-state index contributed by atoms with van der Waals surface area (Å²) in [5, 5.41) is 3.26. The SMILES string of the molecule is COc1ccc(-c2ccc3c(c2)C(NC(=O)CN(C)C)CC2(CCOCC2)O3)cc1C. The van der Waals surface area contributed by atoms with Gasteiger partial charge in [-0.05, 0) is 62.0 Å². The van der Waals surface area contributed by atoms with Crippen molar-refractivity contribution in [1.29, 1.82) is 0 Å². The Morgan fingerprint density at radius 2 is 1.87 bits per heavy atom. The molecule has 166 valence electrons. The number of rotatable bonds is 5. The van der Waals surface area contributed by atoms with Crippen molar-refractivity contribution in [2.75, 3.05) is 41.0 Å². The van der Waals surface area contributed by atoms with Gasteiger partial charge >= 0.3 is 0 Å². The van der Waals surface area contributed by atoms with Gasteiger partial charge in [0.1, 0.15) is 17.1 Å². The summed E-state index contributed by atoms with van der Waals surface area (Å²) < 4.78 is 17.5. The van der Waals surface area contributed by atoms with Gasteiger partial charge < -0.3 is 24.4 Å². The van der Waals surface area contributed by atoms with Gasteiger partial charge in [-0.15, -0.1) is 0 Å². The van der Waals surface area contributed by atoms with E-state index in [1.54, 1.807) is 7.11 Å². The van der Waals surface area contributed by atoms with Crippen LogP contribution in [0.1, 0.15) is 36.4 Å². The summed E-state index contributed by atoms with van der Waals surface area (Å²) >= 11 is 0. The first-order valence-corrected chi connectivity index (χ1v) is 10.9. The summed E-state index contributed by atoms with van der Waals surface area (Å²) in [5.41, 5.74) is 4.06. The highest BCUT2D eigenvalue weighted by molar-refractivity contribution is 5.79. The van der Waals surface area contributed by atoms with Crippen molar-refractivity contribution in [2.24, 2.45) is 0 Å². The highest BCUT2D eigenvalue weighted by atomic mass is 16.5. The monoisotopic (exact) mass is 424 g/mol. The van der Waals surface area contributed by atoms with Crippen molar-refractivity contribution in [3.8, 4) is 22.6 Å². The van der Waals surface area contributed by atoms with Crippen molar-refractivity contribution in [1.82, 2.24) is 10.2 Å². The molecule has 1 fully saturated rings. The van der Waals surface area contributed by atoms with E-state index in [1.807, 2.05) is 38.1 Å². The van der Waals surface area contributed by atoms with Crippen molar-refractivity contribution in [3.05, 3.63) is 47.5 Å². The van der Waals surface area contributed by atoms with Gasteiger partial charge in [0.05, 0.1) is 32.9 Å². The van der Waals surface area contributed by atoms with Crippen LogP contribution in [0.4, 0.5) is 0 Å². The lowest BCUT2D eigenvalue weighted by atomic mass is 9.81. The van der Waals surface area contributed by atoms with Gasteiger partial charge in [0.2, 0.25) is 5.91 Å². The Kier molecular flexibility index (Phi) is 6.21. The van der Waals surface area contributed by atoms with Crippen LogP contribution >= 0.6 is 0 Å². The quantitative estimate of drug-likeness (QED) is 0.793. The van der Waals surface area contributed by atoms with Gasteiger partial charge in [0.25, 0.3) is 0 Å². The van der Waals surface area contributed by atoms with E-state index in [1.165, 1.54) is 0 Å². The Bertz CT molecular complexity index is 951. The van der Waals surface area contributed by atoms with Crippen LogP contribution < -0.4 is 14.8 Å². The predicted molar refractivity (Wildman–Crippen MR) is 121 cm³/mol. The Morgan fingerprint density at radius 3 is 2.55 bits per heavy atom. The first-order chi connectivity index (χ1) is 14.9. The molecule has 0 aliphatic carbocycles.